The summed E-state index contributed by atoms with van der Waals surface area (Å²) in [5.74, 6) is 0.912. The molecule has 20 heavy (non-hydrogen) atoms. The van der Waals surface area contributed by atoms with Gasteiger partial charge in [0.05, 0.1) is 12.3 Å². The van der Waals surface area contributed by atoms with Gasteiger partial charge in [-0.3, -0.25) is 4.99 Å². The van der Waals surface area contributed by atoms with Gasteiger partial charge < -0.3 is 4.74 Å². The smallest absolute Gasteiger partial charge is 0.119 e. The Morgan fingerprint density at radius 3 is 2.40 bits per heavy atom. The summed E-state index contributed by atoms with van der Waals surface area (Å²) in [5, 5.41) is 0. The minimum Gasteiger partial charge on any atom is -0.494 e. The van der Waals surface area contributed by atoms with Crippen molar-refractivity contribution >= 4 is 11.9 Å². The lowest BCUT2D eigenvalue weighted by Crippen LogP contribution is -1.94. The quantitative estimate of drug-likeness (QED) is 0.710. The summed E-state index contributed by atoms with van der Waals surface area (Å²) >= 11 is 0. The van der Waals surface area contributed by atoms with Crippen molar-refractivity contribution in [1.29, 1.82) is 0 Å². The molecule has 2 rings (SSSR count). The lowest BCUT2D eigenvalue weighted by molar-refractivity contribution is 0.317. The predicted octanol–water partition coefficient (Wildman–Crippen LogP) is 4.84. The molecule has 0 radical (unpaired) electrons. The standard InChI is InChI=1S/C18H21NO/c1-4-11-20-18-9-6-16(7-10-18)13-19-17-8-5-14(2)15(3)12-17/h5-10,12-13H,4,11H2,1-3H3. The van der Waals surface area contributed by atoms with Crippen molar-refractivity contribution in [2.24, 2.45) is 4.99 Å². The molecule has 2 aromatic carbocycles. The molecule has 2 aromatic rings. The minimum absolute atomic E-state index is 0.760. The number of aliphatic imine (C=N–C) groups is 1. The Bertz CT molecular complexity index is 585. The average molecular weight is 267 g/mol. The van der Waals surface area contributed by atoms with Crippen LogP contribution in [0.2, 0.25) is 0 Å². The van der Waals surface area contributed by atoms with Gasteiger partial charge in [-0.2, -0.15) is 0 Å². The van der Waals surface area contributed by atoms with Crippen LogP contribution in [0.15, 0.2) is 47.5 Å². The number of ether oxygens (including phenoxy) is 1. The third kappa shape index (κ3) is 3.95. The number of hydrogen-bond acceptors (Lipinski definition) is 2. The maximum atomic E-state index is 5.56. The summed E-state index contributed by atoms with van der Waals surface area (Å²) in [6, 6.07) is 14.3. The molecule has 0 amide bonds. The van der Waals surface area contributed by atoms with Gasteiger partial charge in [0.1, 0.15) is 5.75 Å². The molecule has 0 aliphatic heterocycles. The third-order valence-corrected chi connectivity index (χ3v) is 3.21. The molecule has 0 N–H and O–H groups in total. The lowest BCUT2D eigenvalue weighted by atomic mass is 10.1. The van der Waals surface area contributed by atoms with E-state index in [1.54, 1.807) is 0 Å². The molecular weight excluding hydrogens is 246 g/mol. The second-order valence-corrected chi connectivity index (χ2v) is 4.94. The van der Waals surface area contributed by atoms with Crippen LogP contribution in [0, 0.1) is 13.8 Å². The Morgan fingerprint density at radius 1 is 1.00 bits per heavy atom. The molecule has 0 saturated carbocycles. The van der Waals surface area contributed by atoms with Crippen molar-refractivity contribution < 1.29 is 4.74 Å². The number of rotatable bonds is 5. The van der Waals surface area contributed by atoms with E-state index in [0.29, 0.717) is 0 Å². The van der Waals surface area contributed by atoms with Gasteiger partial charge in [-0.15, -0.1) is 0 Å². The molecule has 0 bridgehead atoms. The molecule has 0 spiro atoms. The summed E-state index contributed by atoms with van der Waals surface area (Å²) in [5.41, 5.74) is 4.62. The van der Waals surface area contributed by atoms with Crippen LogP contribution in [0.25, 0.3) is 0 Å². The molecule has 0 aliphatic carbocycles. The number of nitrogens with zero attached hydrogens (tertiary/aromatic N) is 1. The Balaban J connectivity index is 2.05. The Morgan fingerprint density at radius 2 is 1.75 bits per heavy atom. The van der Waals surface area contributed by atoms with Crippen LogP contribution in [0.1, 0.15) is 30.0 Å². The molecule has 104 valence electrons. The van der Waals surface area contributed by atoms with Crippen LogP contribution in [0.3, 0.4) is 0 Å². The van der Waals surface area contributed by atoms with E-state index in [1.165, 1.54) is 11.1 Å². The fraction of sp³-hybridized carbons (Fsp3) is 0.278. The van der Waals surface area contributed by atoms with E-state index < -0.39 is 0 Å². The van der Waals surface area contributed by atoms with Crippen molar-refractivity contribution in [3.8, 4) is 5.75 Å². The van der Waals surface area contributed by atoms with Crippen molar-refractivity contribution in [1.82, 2.24) is 0 Å². The largest absolute Gasteiger partial charge is 0.494 e. The first-order valence-electron chi connectivity index (χ1n) is 7.03. The summed E-state index contributed by atoms with van der Waals surface area (Å²) in [7, 11) is 0. The summed E-state index contributed by atoms with van der Waals surface area (Å²) in [6.45, 7) is 7.08. The monoisotopic (exact) mass is 267 g/mol. The molecular formula is C18H21NO. The van der Waals surface area contributed by atoms with E-state index in [0.717, 1.165) is 30.0 Å². The highest BCUT2D eigenvalue weighted by Gasteiger charge is 1.95. The SMILES string of the molecule is CCCOc1ccc(C=Nc2ccc(C)c(C)c2)cc1. The zero-order chi connectivity index (χ0) is 14.4. The van der Waals surface area contributed by atoms with Gasteiger partial charge in [-0.1, -0.05) is 13.0 Å². The van der Waals surface area contributed by atoms with Crippen LogP contribution in [0.5, 0.6) is 5.75 Å². The molecule has 0 heterocycles. The topological polar surface area (TPSA) is 21.6 Å². The van der Waals surface area contributed by atoms with E-state index in [-0.39, 0.29) is 0 Å². The van der Waals surface area contributed by atoms with Gasteiger partial charge in [0.2, 0.25) is 0 Å². The number of aryl methyl sites for hydroxylation is 2. The number of benzene rings is 2. The van der Waals surface area contributed by atoms with Crippen molar-refractivity contribution in [2.75, 3.05) is 6.61 Å². The van der Waals surface area contributed by atoms with Gasteiger partial charge in [-0.25, -0.2) is 0 Å². The third-order valence-electron chi connectivity index (χ3n) is 3.21. The highest BCUT2D eigenvalue weighted by molar-refractivity contribution is 5.82. The first-order chi connectivity index (χ1) is 9.69. The van der Waals surface area contributed by atoms with Crippen molar-refractivity contribution in [3.63, 3.8) is 0 Å². The van der Waals surface area contributed by atoms with E-state index in [9.17, 15) is 0 Å². The van der Waals surface area contributed by atoms with Gasteiger partial charge in [0, 0.05) is 6.21 Å². The van der Waals surface area contributed by atoms with Gasteiger partial charge in [0.25, 0.3) is 0 Å². The van der Waals surface area contributed by atoms with Crippen LogP contribution in [-0.2, 0) is 0 Å². The molecule has 0 unspecified atom stereocenters. The fourth-order valence-electron chi connectivity index (χ4n) is 1.83. The molecule has 0 aromatic heterocycles. The van der Waals surface area contributed by atoms with Crippen LogP contribution in [0.4, 0.5) is 5.69 Å². The fourth-order valence-corrected chi connectivity index (χ4v) is 1.83. The second-order valence-electron chi connectivity index (χ2n) is 4.94. The highest BCUT2D eigenvalue weighted by Crippen LogP contribution is 2.17. The first-order valence-corrected chi connectivity index (χ1v) is 7.03. The Hall–Kier alpha value is -2.09. The van der Waals surface area contributed by atoms with E-state index in [1.807, 2.05) is 36.5 Å². The first kappa shape index (κ1) is 14.3. The highest BCUT2D eigenvalue weighted by atomic mass is 16.5. The number of hydrogen-bond donors (Lipinski definition) is 0. The van der Waals surface area contributed by atoms with Gasteiger partial charge >= 0.3 is 0 Å². The molecule has 0 atom stereocenters. The van der Waals surface area contributed by atoms with E-state index >= 15 is 0 Å². The van der Waals surface area contributed by atoms with Gasteiger partial charge in [0.15, 0.2) is 0 Å². The molecule has 2 heteroatoms. The average Bonchev–Trinajstić information content (AvgIpc) is 2.47. The van der Waals surface area contributed by atoms with Crippen molar-refractivity contribution in [3.05, 3.63) is 59.2 Å². The molecule has 2 nitrogen and oxygen atoms in total. The van der Waals surface area contributed by atoms with Crippen LogP contribution >= 0.6 is 0 Å². The molecule has 0 aliphatic rings. The summed E-state index contributed by atoms with van der Waals surface area (Å²) < 4.78 is 5.56. The zero-order valence-electron chi connectivity index (χ0n) is 12.4. The molecule has 0 fully saturated rings. The van der Waals surface area contributed by atoms with Gasteiger partial charge in [-0.05, 0) is 73.4 Å². The van der Waals surface area contributed by atoms with Crippen molar-refractivity contribution in [2.45, 2.75) is 27.2 Å². The molecule has 0 saturated heterocycles. The normalized spacial score (nSPS) is 10.9. The lowest BCUT2D eigenvalue weighted by Gasteiger charge is -2.04. The summed E-state index contributed by atoms with van der Waals surface area (Å²) in [4.78, 5) is 4.50. The zero-order valence-corrected chi connectivity index (χ0v) is 12.4. The van der Waals surface area contributed by atoms with Crippen LogP contribution in [-0.4, -0.2) is 12.8 Å². The minimum atomic E-state index is 0.760. The Labute approximate surface area is 121 Å². The second kappa shape index (κ2) is 6.90. The predicted molar refractivity (Wildman–Crippen MR) is 85.4 cm³/mol. The maximum Gasteiger partial charge on any atom is 0.119 e. The van der Waals surface area contributed by atoms with E-state index in [4.69, 9.17) is 4.74 Å². The van der Waals surface area contributed by atoms with E-state index in [2.05, 4.69) is 37.9 Å². The summed E-state index contributed by atoms with van der Waals surface area (Å²) in [6.07, 6.45) is 2.91. The maximum absolute atomic E-state index is 5.56. The Kier molecular flexibility index (Phi) is 4.94. The van der Waals surface area contributed by atoms with Crippen LogP contribution < -0.4 is 4.74 Å².